The fraction of sp³-hybridized carbons (Fsp3) is 0.478. The summed E-state index contributed by atoms with van der Waals surface area (Å²) in [6.45, 7) is 4.98. The van der Waals surface area contributed by atoms with Crippen molar-refractivity contribution < 1.29 is 18.7 Å². The van der Waals surface area contributed by atoms with Crippen molar-refractivity contribution in [3.8, 4) is 0 Å². The van der Waals surface area contributed by atoms with Gasteiger partial charge in [0.05, 0.1) is 19.8 Å². The molecule has 1 aromatic heterocycles. The minimum Gasteiger partial charge on any atom is -0.379 e. The lowest BCUT2D eigenvalue weighted by Gasteiger charge is -2.32. The number of ether oxygens (including phenoxy) is 1. The summed E-state index contributed by atoms with van der Waals surface area (Å²) in [7, 11) is 3.38. The first-order valence-corrected chi connectivity index (χ1v) is 11.6. The Hall–Kier alpha value is -2.49. The maximum atomic E-state index is 13.3. The summed E-state index contributed by atoms with van der Waals surface area (Å²) in [5, 5.41) is 1.97. The van der Waals surface area contributed by atoms with Crippen LogP contribution in [0.5, 0.6) is 0 Å². The lowest BCUT2D eigenvalue weighted by Crippen LogP contribution is -2.49. The molecule has 1 saturated heterocycles. The number of halogens is 1. The van der Waals surface area contributed by atoms with Crippen molar-refractivity contribution in [3.63, 3.8) is 0 Å². The van der Waals surface area contributed by atoms with Crippen molar-refractivity contribution >= 4 is 23.3 Å². The van der Waals surface area contributed by atoms with Gasteiger partial charge in [-0.15, -0.1) is 11.3 Å². The van der Waals surface area contributed by atoms with Gasteiger partial charge in [-0.1, -0.05) is 18.2 Å². The molecule has 0 aliphatic carbocycles. The molecule has 32 heavy (non-hydrogen) atoms. The van der Waals surface area contributed by atoms with Crippen LogP contribution in [-0.4, -0.2) is 91.6 Å². The van der Waals surface area contributed by atoms with Gasteiger partial charge in [0.15, 0.2) is 0 Å². The third kappa shape index (κ3) is 7.29. The van der Waals surface area contributed by atoms with Crippen LogP contribution in [0.15, 0.2) is 41.8 Å². The molecule has 1 fully saturated rings. The van der Waals surface area contributed by atoms with Gasteiger partial charge in [0.2, 0.25) is 5.91 Å². The Morgan fingerprint density at radius 3 is 2.41 bits per heavy atom. The first kappa shape index (κ1) is 24.2. The fourth-order valence-corrected chi connectivity index (χ4v) is 4.23. The van der Waals surface area contributed by atoms with E-state index in [1.165, 1.54) is 17.0 Å². The van der Waals surface area contributed by atoms with Crippen LogP contribution in [0.2, 0.25) is 0 Å². The highest BCUT2D eigenvalue weighted by Gasteiger charge is 2.24. The van der Waals surface area contributed by atoms with Crippen LogP contribution in [0.4, 0.5) is 9.18 Å². The second-order valence-electron chi connectivity index (χ2n) is 8.01. The van der Waals surface area contributed by atoms with Crippen LogP contribution >= 0.6 is 11.3 Å². The van der Waals surface area contributed by atoms with Gasteiger partial charge in [-0.25, -0.2) is 9.18 Å². The van der Waals surface area contributed by atoms with Crippen LogP contribution < -0.4 is 0 Å². The number of hydrogen-bond acceptors (Lipinski definition) is 5. The number of rotatable bonds is 9. The molecule has 0 atom stereocenters. The van der Waals surface area contributed by atoms with Gasteiger partial charge in [0.1, 0.15) is 12.4 Å². The summed E-state index contributed by atoms with van der Waals surface area (Å²) in [4.78, 5) is 34.2. The van der Waals surface area contributed by atoms with E-state index in [0.29, 0.717) is 39.4 Å². The van der Waals surface area contributed by atoms with Crippen LogP contribution in [-0.2, 0) is 22.6 Å². The molecule has 1 aromatic carbocycles. The molecule has 2 heterocycles. The van der Waals surface area contributed by atoms with Crippen molar-refractivity contribution in [1.82, 2.24) is 19.6 Å². The predicted octanol–water partition coefficient (Wildman–Crippen LogP) is 2.73. The highest BCUT2D eigenvalue weighted by molar-refractivity contribution is 7.09. The molecule has 3 amide bonds. The molecule has 0 bridgehead atoms. The Bertz CT molecular complexity index is 855. The van der Waals surface area contributed by atoms with E-state index in [1.54, 1.807) is 47.4 Å². The number of benzene rings is 1. The summed E-state index contributed by atoms with van der Waals surface area (Å²) in [5.74, 6) is -0.448. The lowest BCUT2D eigenvalue weighted by atomic mass is 10.2. The molecule has 0 spiro atoms. The summed E-state index contributed by atoms with van der Waals surface area (Å²) >= 11 is 1.58. The molecular formula is C23H31FN4O3S. The number of urea groups is 1. The molecule has 2 aromatic rings. The molecule has 9 heteroatoms. The second kappa shape index (κ2) is 11.9. The number of hydrogen-bond donors (Lipinski definition) is 0. The summed E-state index contributed by atoms with van der Waals surface area (Å²) in [5.41, 5.74) is 0.843. The Balaban J connectivity index is 1.70. The first-order valence-electron chi connectivity index (χ1n) is 10.7. The summed E-state index contributed by atoms with van der Waals surface area (Å²) in [6.07, 6.45) is 0. The number of nitrogens with zero attached hydrogens (tertiary/aromatic N) is 4. The van der Waals surface area contributed by atoms with Crippen molar-refractivity contribution in [2.24, 2.45) is 0 Å². The van der Waals surface area contributed by atoms with Crippen molar-refractivity contribution in [1.29, 1.82) is 0 Å². The third-order valence-corrected chi connectivity index (χ3v) is 6.20. The molecular weight excluding hydrogens is 431 g/mol. The molecule has 1 aliphatic rings. The SMILES string of the molecule is CN(C)C(=O)N(CCN1CCOCC1)CC(=O)N(Cc1ccc(F)cc1)Cc1cccs1. The lowest BCUT2D eigenvalue weighted by molar-refractivity contribution is -0.133. The van der Waals surface area contributed by atoms with Gasteiger partial charge in [-0.05, 0) is 29.1 Å². The second-order valence-corrected chi connectivity index (χ2v) is 9.04. The highest BCUT2D eigenvalue weighted by atomic mass is 32.1. The molecule has 0 unspecified atom stereocenters. The van der Waals surface area contributed by atoms with Crippen molar-refractivity contribution in [2.45, 2.75) is 13.1 Å². The zero-order valence-electron chi connectivity index (χ0n) is 18.7. The van der Waals surface area contributed by atoms with E-state index in [0.717, 1.165) is 23.5 Å². The van der Waals surface area contributed by atoms with Crippen LogP contribution in [0.3, 0.4) is 0 Å². The van der Waals surface area contributed by atoms with E-state index in [9.17, 15) is 14.0 Å². The van der Waals surface area contributed by atoms with E-state index in [4.69, 9.17) is 4.74 Å². The summed E-state index contributed by atoms with van der Waals surface area (Å²) in [6, 6.07) is 9.91. The van der Waals surface area contributed by atoms with Crippen LogP contribution in [0.1, 0.15) is 10.4 Å². The summed E-state index contributed by atoms with van der Waals surface area (Å²) < 4.78 is 18.7. The average molecular weight is 463 g/mol. The molecule has 1 aliphatic heterocycles. The Morgan fingerprint density at radius 1 is 1.06 bits per heavy atom. The van der Waals surface area contributed by atoms with Crippen LogP contribution in [0.25, 0.3) is 0 Å². The smallest absolute Gasteiger partial charge is 0.319 e. The van der Waals surface area contributed by atoms with Crippen LogP contribution in [0, 0.1) is 5.82 Å². The largest absolute Gasteiger partial charge is 0.379 e. The highest BCUT2D eigenvalue weighted by Crippen LogP contribution is 2.16. The predicted molar refractivity (Wildman–Crippen MR) is 123 cm³/mol. The average Bonchev–Trinajstić information content (AvgIpc) is 3.31. The van der Waals surface area contributed by atoms with E-state index in [2.05, 4.69) is 4.90 Å². The zero-order valence-corrected chi connectivity index (χ0v) is 19.5. The molecule has 174 valence electrons. The normalized spacial score (nSPS) is 14.2. The molecule has 0 N–H and O–H groups in total. The van der Waals surface area contributed by atoms with Gasteiger partial charge in [-0.3, -0.25) is 9.69 Å². The van der Waals surface area contributed by atoms with Gasteiger partial charge in [0, 0.05) is 51.7 Å². The third-order valence-electron chi connectivity index (χ3n) is 5.34. The van der Waals surface area contributed by atoms with E-state index < -0.39 is 0 Å². The molecule has 0 radical (unpaired) electrons. The monoisotopic (exact) mass is 462 g/mol. The first-order chi connectivity index (χ1) is 15.4. The molecule has 0 saturated carbocycles. The maximum absolute atomic E-state index is 13.3. The number of amides is 3. The van der Waals surface area contributed by atoms with E-state index >= 15 is 0 Å². The van der Waals surface area contributed by atoms with Crippen molar-refractivity contribution in [2.75, 3.05) is 60.0 Å². The van der Waals surface area contributed by atoms with Gasteiger partial charge < -0.3 is 19.4 Å². The van der Waals surface area contributed by atoms with E-state index in [1.807, 2.05) is 17.5 Å². The maximum Gasteiger partial charge on any atom is 0.319 e. The Labute approximate surface area is 193 Å². The van der Waals surface area contributed by atoms with Gasteiger partial charge in [-0.2, -0.15) is 0 Å². The van der Waals surface area contributed by atoms with Crippen molar-refractivity contribution in [3.05, 3.63) is 58.0 Å². The number of thiophene rings is 1. The molecule has 7 nitrogen and oxygen atoms in total. The Kier molecular flexibility index (Phi) is 9.01. The zero-order chi connectivity index (χ0) is 22.9. The fourth-order valence-electron chi connectivity index (χ4n) is 3.51. The Morgan fingerprint density at radius 2 is 1.78 bits per heavy atom. The minimum absolute atomic E-state index is 0.00603. The standard InChI is InChI=1S/C23H31FN4O3S/c1-25(2)23(30)27(10-9-26-11-13-31-14-12-26)18-22(29)28(17-21-4-3-15-32-21)16-19-5-7-20(24)8-6-19/h3-8,15H,9-14,16-18H2,1-2H3. The number of morpholine rings is 1. The molecule has 3 rings (SSSR count). The quantitative estimate of drug-likeness (QED) is 0.575. The topological polar surface area (TPSA) is 56.3 Å². The van der Waals surface area contributed by atoms with Gasteiger partial charge in [0.25, 0.3) is 0 Å². The number of carbonyl (C=O) groups excluding carboxylic acids is 2. The minimum atomic E-state index is -0.309. The van der Waals surface area contributed by atoms with Gasteiger partial charge >= 0.3 is 6.03 Å². The number of carbonyl (C=O) groups is 2. The van der Waals surface area contributed by atoms with E-state index in [-0.39, 0.29) is 24.3 Å².